The zero-order chi connectivity index (χ0) is 32.2. The van der Waals surface area contributed by atoms with Crippen molar-refractivity contribution >= 4 is 39.9 Å². The molecule has 0 radical (unpaired) electrons. The van der Waals surface area contributed by atoms with E-state index in [0.29, 0.717) is 29.2 Å². The molecule has 10 nitrogen and oxygen atoms in total. The number of aliphatic hydroxyl groups excluding tert-OH is 1. The molecule has 230 valence electrons. The van der Waals surface area contributed by atoms with Gasteiger partial charge >= 0.3 is 11.9 Å². The number of aromatic hydroxyl groups is 1. The molecule has 45 heavy (non-hydrogen) atoms. The normalized spacial score (nSPS) is 15.6. The molecule has 4 aromatic rings. The van der Waals surface area contributed by atoms with Crippen molar-refractivity contribution in [1.29, 1.82) is 0 Å². The number of methoxy groups -OCH3 is 1. The number of amides is 1. The van der Waals surface area contributed by atoms with Crippen LogP contribution in [-0.2, 0) is 20.9 Å². The molecular weight excluding hydrogens is 596 g/mol. The second-order valence-electron chi connectivity index (χ2n) is 10.2. The monoisotopic (exact) mass is 626 g/mol. The van der Waals surface area contributed by atoms with Gasteiger partial charge in [0, 0.05) is 5.56 Å². The molecule has 1 aromatic heterocycles. The molecule has 1 amide bonds. The number of ether oxygens (including phenoxy) is 3. The fourth-order valence-corrected chi connectivity index (χ4v) is 5.92. The van der Waals surface area contributed by atoms with Crippen molar-refractivity contribution < 1.29 is 38.8 Å². The number of nitrogens with zero attached hydrogens (tertiary/aromatic N) is 2. The maximum Gasteiger partial charge on any atom is 0.350 e. The standard InChI is InChI=1S/C34H30N2O8S/c1-5-15-43-33(41)31-20(3)35-34(45-31)36-28(22-11-13-24(37)26(17-22)42-4)27(30(39)32(36)40)29(38)23-12-14-25(19(2)16-23)44-18-21-9-7-6-8-10-21/h5-14,16-17,28,37-38H,1,15,18H2,2-4H3/b29-27+/t28-/m0/s1. The van der Waals surface area contributed by atoms with E-state index in [4.69, 9.17) is 14.2 Å². The van der Waals surface area contributed by atoms with Crippen LogP contribution in [0.5, 0.6) is 17.2 Å². The van der Waals surface area contributed by atoms with E-state index in [1.165, 1.54) is 31.4 Å². The topological polar surface area (TPSA) is 135 Å². The van der Waals surface area contributed by atoms with Crippen LogP contribution in [-0.4, -0.2) is 46.6 Å². The van der Waals surface area contributed by atoms with Crippen molar-refractivity contribution in [1.82, 2.24) is 4.98 Å². The quantitative estimate of drug-likeness (QED) is 0.0712. The first-order valence-corrected chi connectivity index (χ1v) is 14.7. The highest BCUT2D eigenvalue weighted by Gasteiger charge is 2.48. The highest BCUT2D eigenvalue weighted by molar-refractivity contribution is 7.17. The second-order valence-corrected chi connectivity index (χ2v) is 11.1. The third-order valence-electron chi connectivity index (χ3n) is 7.16. The molecule has 2 N–H and O–H groups in total. The fourth-order valence-electron chi connectivity index (χ4n) is 4.93. The van der Waals surface area contributed by atoms with E-state index in [9.17, 15) is 24.6 Å². The average molecular weight is 627 g/mol. The van der Waals surface area contributed by atoms with Gasteiger partial charge in [-0.15, -0.1) is 0 Å². The maximum absolute atomic E-state index is 13.6. The lowest BCUT2D eigenvalue weighted by Gasteiger charge is -2.23. The Labute approximate surface area is 263 Å². The minimum absolute atomic E-state index is 0.0151. The van der Waals surface area contributed by atoms with Crippen LogP contribution in [0.4, 0.5) is 5.13 Å². The van der Waals surface area contributed by atoms with Crippen molar-refractivity contribution in [2.75, 3.05) is 18.6 Å². The Morgan fingerprint density at radius 2 is 1.82 bits per heavy atom. The summed E-state index contributed by atoms with van der Waals surface area (Å²) in [4.78, 5) is 45.6. The zero-order valence-electron chi connectivity index (χ0n) is 24.8. The number of esters is 1. The molecule has 2 heterocycles. The summed E-state index contributed by atoms with van der Waals surface area (Å²) in [6.45, 7) is 7.26. The van der Waals surface area contributed by atoms with E-state index in [0.717, 1.165) is 21.8 Å². The predicted molar refractivity (Wildman–Crippen MR) is 169 cm³/mol. The Kier molecular flexibility index (Phi) is 9.01. The molecule has 0 saturated carbocycles. The molecular formula is C34H30N2O8S. The molecule has 1 aliphatic rings. The minimum atomic E-state index is -1.17. The van der Waals surface area contributed by atoms with E-state index in [1.807, 2.05) is 37.3 Å². The number of carbonyl (C=O) groups is 3. The summed E-state index contributed by atoms with van der Waals surface area (Å²) in [5, 5.41) is 21.9. The highest BCUT2D eigenvalue weighted by atomic mass is 32.1. The average Bonchev–Trinajstić information content (AvgIpc) is 3.55. The number of phenols is 1. The number of Topliss-reactive ketones (excluding diaryl/α,β-unsaturated/α-hetero) is 1. The first-order chi connectivity index (χ1) is 21.6. The fraction of sp³-hybridized carbons (Fsp3) is 0.176. The molecule has 0 bridgehead atoms. The molecule has 1 aliphatic heterocycles. The number of ketones is 1. The molecule has 0 aliphatic carbocycles. The Hall–Kier alpha value is -5.42. The number of aliphatic hydroxyl groups is 1. The Bertz CT molecular complexity index is 1830. The van der Waals surface area contributed by atoms with Gasteiger partial charge in [0.1, 0.15) is 29.6 Å². The highest BCUT2D eigenvalue weighted by Crippen LogP contribution is 2.45. The van der Waals surface area contributed by atoms with Gasteiger partial charge in [-0.25, -0.2) is 9.78 Å². The van der Waals surface area contributed by atoms with E-state index >= 15 is 0 Å². The van der Waals surface area contributed by atoms with Crippen LogP contribution in [0.1, 0.15) is 43.7 Å². The minimum Gasteiger partial charge on any atom is -0.507 e. The number of anilines is 1. The van der Waals surface area contributed by atoms with Crippen LogP contribution >= 0.6 is 11.3 Å². The molecule has 11 heteroatoms. The first kappa shape index (κ1) is 31.0. The number of hydrogen-bond acceptors (Lipinski definition) is 10. The van der Waals surface area contributed by atoms with E-state index in [1.54, 1.807) is 25.1 Å². The van der Waals surface area contributed by atoms with E-state index in [2.05, 4.69) is 11.6 Å². The van der Waals surface area contributed by atoms with Gasteiger partial charge in [0.25, 0.3) is 5.78 Å². The molecule has 0 unspecified atom stereocenters. The summed E-state index contributed by atoms with van der Waals surface area (Å²) in [5.74, 6) is -2.44. The summed E-state index contributed by atoms with van der Waals surface area (Å²) < 4.78 is 16.4. The largest absolute Gasteiger partial charge is 0.507 e. The van der Waals surface area contributed by atoms with Gasteiger partial charge in [0.05, 0.1) is 24.4 Å². The number of phenolic OH excluding ortho intramolecular Hbond substituents is 1. The number of aryl methyl sites for hydroxylation is 2. The van der Waals surface area contributed by atoms with Gasteiger partial charge in [0.15, 0.2) is 16.6 Å². The van der Waals surface area contributed by atoms with Crippen LogP contribution in [0, 0.1) is 13.8 Å². The smallest absolute Gasteiger partial charge is 0.350 e. The summed E-state index contributed by atoms with van der Waals surface area (Å²) in [7, 11) is 1.37. The van der Waals surface area contributed by atoms with Crippen LogP contribution in [0.25, 0.3) is 5.76 Å². The number of rotatable bonds is 10. The van der Waals surface area contributed by atoms with Crippen molar-refractivity contribution in [3.63, 3.8) is 0 Å². The van der Waals surface area contributed by atoms with Crippen LogP contribution in [0.15, 0.2) is 85.0 Å². The summed E-state index contributed by atoms with van der Waals surface area (Å²) in [6, 6.07) is 17.8. The number of carbonyl (C=O) groups excluding carboxylic acids is 3. The third-order valence-corrected chi connectivity index (χ3v) is 8.30. The SMILES string of the molecule is C=CCOC(=O)c1sc(N2C(=O)C(=O)/C(=C(/O)c3ccc(OCc4ccccc4)c(C)c3)[C@@H]2c2ccc(O)c(OC)c2)nc1C. The molecule has 1 fully saturated rings. The molecule has 3 aromatic carbocycles. The third kappa shape index (κ3) is 6.16. The van der Waals surface area contributed by atoms with Crippen LogP contribution < -0.4 is 14.4 Å². The number of thiazole rings is 1. The first-order valence-electron chi connectivity index (χ1n) is 13.9. The lowest BCUT2D eigenvalue weighted by molar-refractivity contribution is -0.132. The van der Waals surface area contributed by atoms with E-state index < -0.39 is 29.5 Å². The van der Waals surface area contributed by atoms with Gasteiger partial charge < -0.3 is 24.4 Å². The molecule has 0 spiro atoms. The van der Waals surface area contributed by atoms with Gasteiger partial charge in [-0.3, -0.25) is 14.5 Å². The summed E-state index contributed by atoms with van der Waals surface area (Å²) in [5.41, 5.74) is 2.43. The number of aromatic nitrogens is 1. The second kappa shape index (κ2) is 13.1. The van der Waals surface area contributed by atoms with Gasteiger partial charge in [-0.2, -0.15) is 0 Å². The summed E-state index contributed by atoms with van der Waals surface area (Å²) in [6.07, 6.45) is 1.43. The Morgan fingerprint density at radius 3 is 2.51 bits per heavy atom. The molecule has 1 atom stereocenters. The lowest BCUT2D eigenvalue weighted by Crippen LogP contribution is -2.29. The van der Waals surface area contributed by atoms with Crippen LogP contribution in [0.2, 0.25) is 0 Å². The summed E-state index contributed by atoms with van der Waals surface area (Å²) >= 11 is 0.882. The number of hydrogen-bond donors (Lipinski definition) is 2. The van der Waals surface area contributed by atoms with Crippen molar-refractivity contribution in [3.8, 4) is 17.2 Å². The van der Waals surface area contributed by atoms with Crippen molar-refractivity contribution in [2.24, 2.45) is 0 Å². The Morgan fingerprint density at radius 1 is 1.07 bits per heavy atom. The van der Waals surface area contributed by atoms with Crippen molar-refractivity contribution in [3.05, 3.63) is 118 Å². The van der Waals surface area contributed by atoms with Gasteiger partial charge in [0.2, 0.25) is 0 Å². The molecule has 1 saturated heterocycles. The van der Waals surface area contributed by atoms with Crippen molar-refractivity contribution in [2.45, 2.75) is 26.5 Å². The van der Waals surface area contributed by atoms with Gasteiger partial charge in [-0.05, 0) is 60.9 Å². The lowest BCUT2D eigenvalue weighted by atomic mass is 9.94. The maximum atomic E-state index is 13.6. The predicted octanol–water partition coefficient (Wildman–Crippen LogP) is 6.02. The van der Waals surface area contributed by atoms with Gasteiger partial charge in [-0.1, -0.05) is 60.4 Å². The van der Waals surface area contributed by atoms with E-state index in [-0.39, 0.29) is 39.3 Å². The van der Waals surface area contributed by atoms with Crippen LogP contribution in [0.3, 0.4) is 0 Å². The number of benzene rings is 3. The molecule has 5 rings (SSSR count). The Balaban J connectivity index is 1.59. The zero-order valence-corrected chi connectivity index (χ0v) is 25.6.